The van der Waals surface area contributed by atoms with E-state index in [4.69, 9.17) is 0 Å². The molecule has 1 saturated carbocycles. The lowest BCUT2D eigenvalue weighted by molar-refractivity contribution is 0.00518. The Balaban J connectivity index is 0.000000531. The van der Waals surface area contributed by atoms with E-state index in [1.807, 2.05) is 27.0 Å². The molecule has 1 aromatic heterocycles. The first-order valence-electron chi connectivity index (χ1n) is 5.45. The molecule has 86 valence electrons. The van der Waals surface area contributed by atoms with Crippen molar-refractivity contribution in [3.8, 4) is 0 Å². The Bertz CT molecular complexity index is 307. The maximum absolute atomic E-state index is 12.8. The van der Waals surface area contributed by atoms with Gasteiger partial charge in [-0.3, -0.25) is 4.68 Å². The highest BCUT2D eigenvalue weighted by atomic mass is 19.3. The van der Waals surface area contributed by atoms with Gasteiger partial charge in [-0.15, -0.1) is 0 Å². The van der Waals surface area contributed by atoms with Crippen LogP contribution >= 0.6 is 0 Å². The summed E-state index contributed by atoms with van der Waals surface area (Å²) in [6.45, 7) is 5.91. The fraction of sp³-hybridized carbons (Fsp3) is 0.727. The molecule has 1 fully saturated rings. The Labute approximate surface area is 89.3 Å². The summed E-state index contributed by atoms with van der Waals surface area (Å²) in [5.74, 6) is -2.48. The molecule has 2 nitrogen and oxygen atoms in total. The van der Waals surface area contributed by atoms with Gasteiger partial charge in [-0.05, 0) is 18.9 Å². The predicted octanol–water partition coefficient (Wildman–Crippen LogP) is 3.58. The molecule has 1 heterocycles. The zero-order valence-corrected chi connectivity index (χ0v) is 9.50. The minimum atomic E-state index is -2.48. The van der Waals surface area contributed by atoms with E-state index in [1.165, 1.54) is 0 Å². The van der Waals surface area contributed by atoms with Crippen LogP contribution in [0.25, 0.3) is 0 Å². The fourth-order valence-corrected chi connectivity index (χ4v) is 1.79. The van der Waals surface area contributed by atoms with Crippen LogP contribution in [0.15, 0.2) is 12.4 Å². The Morgan fingerprint density at radius 1 is 1.47 bits per heavy atom. The van der Waals surface area contributed by atoms with E-state index in [2.05, 4.69) is 5.10 Å². The molecule has 0 saturated heterocycles. The van der Waals surface area contributed by atoms with Crippen molar-refractivity contribution in [3.63, 3.8) is 0 Å². The van der Waals surface area contributed by atoms with Crippen LogP contribution < -0.4 is 0 Å². The van der Waals surface area contributed by atoms with Crippen molar-refractivity contribution < 1.29 is 8.78 Å². The van der Waals surface area contributed by atoms with Gasteiger partial charge in [0, 0.05) is 19.0 Å². The zero-order chi connectivity index (χ0) is 11.5. The molecule has 0 bridgehead atoms. The first-order chi connectivity index (χ1) is 7.07. The van der Waals surface area contributed by atoms with Crippen LogP contribution in [0.4, 0.5) is 8.78 Å². The smallest absolute Gasteiger partial charge is 0.250 e. The molecule has 4 heteroatoms. The van der Waals surface area contributed by atoms with Crippen LogP contribution in [0.1, 0.15) is 44.7 Å². The molecule has 0 radical (unpaired) electrons. The molecule has 1 aliphatic carbocycles. The first kappa shape index (κ1) is 12.1. The molecule has 2 rings (SSSR count). The first-order valence-corrected chi connectivity index (χ1v) is 5.45. The summed E-state index contributed by atoms with van der Waals surface area (Å²) in [6, 6.07) is -0.108. The maximum atomic E-state index is 12.8. The van der Waals surface area contributed by atoms with Crippen LogP contribution in [-0.2, 0) is 0 Å². The second-order valence-corrected chi connectivity index (χ2v) is 3.75. The number of halogens is 2. The van der Waals surface area contributed by atoms with Crippen LogP contribution in [0.3, 0.4) is 0 Å². The van der Waals surface area contributed by atoms with Crippen LogP contribution in [-0.4, -0.2) is 15.7 Å². The van der Waals surface area contributed by atoms with Gasteiger partial charge >= 0.3 is 0 Å². The number of hydrogen-bond acceptors (Lipinski definition) is 1. The molecule has 0 aliphatic heterocycles. The van der Waals surface area contributed by atoms with Gasteiger partial charge in [0.2, 0.25) is 5.92 Å². The highest BCUT2D eigenvalue weighted by Crippen LogP contribution is 2.41. The molecule has 1 unspecified atom stereocenters. The van der Waals surface area contributed by atoms with Crippen molar-refractivity contribution in [2.75, 3.05) is 0 Å². The Morgan fingerprint density at radius 3 is 2.53 bits per heavy atom. The highest BCUT2D eigenvalue weighted by Gasteiger charge is 2.40. The van der Waals surface area contributed by atoms with Crippen molar-refractivity contribution in [2.45, 2.75) is 52.0 Å². The largest absolute Gasteiger partial charge is 0.269 e. The van der Waals surface area contributed by atoms with E-state index in [-0.39, 0.29) is 18.9 Å². The van der Waals surface area contributed by atoms with Gasteiger partial charge in [0.1, 0.15) is 0 Å². The van der Waals surface area contributed by atoms with E-state index in [1.54, 1.807) is 10.9 Å². The normalized spacial score (nSPS) is 23.4. The lowest BCUT2D eigenvalue weighted by Gasteiger charge is -2.10. The molecule has 1 atom stereocenters. The second-order valence-electron chi connectivity index (χ2n) is 3.75. The Hall–Kier alpha value is -0.930. The van der Waals surface area contributed by atoms with Gasteiger partial charge in [0.05, 0.1) is 12.2 Å². The van der Waals surface area contributed by atoms with Crippen molar-refractivity contribution in [2.24, 2.45) is 0 Å². The van der Waals surface area contributed by atoms with Crippen molar-refractivity contribution in [3.05, 3.63) is 18.0 Å². The number of nitrogens with zero attached hydrogens (tertiary/aromatic N) is 2. The third-order valence-corrected chi connectivity index (χ3v) is 2.48. The van der Waals surface area contributed by atoms with Gasteiger partial charge in [0.25, 0.3) is 0 Å². The van der Waals surface area contributed by atoms with Gasteiger partial charge in [0.15, 0.2) is 0 Å². The number of aromatic nitrogens is 2. The number of alkyl halides is 2. The van der Waals surface area contributed by atoms with E-state index >= 15 is 0 Å². The standard InChI is InChI=1S/C9H12F2N2.C2H6/c1-7-5-12-13(6-7)8-2-3-9(10,11)4-8;1-2/h5-6,8H,2-4H2,1H3;1-2H3. The number of rotatable bonds is 1. The molecular formula is C11H18F2N2. The minimum Gasteiger partial charge on any atom is -0.269 e. The third-order valence-electron chi connectivity index (χ3n) is 2.48. The third kappa shape index (κ3) is 3.01. The van der Waals surface area contributed by atoms with Crippen LogP contribution in [0.2, 0.25) is 0 Å². The maximum Gasteiger partial charge on any atom is 0.250 e. The van der Waals surface area contributed by atoms with E-state index < -0.39 is 5.92 Å². The van der Waals surface area contributed by atoms with Crippen LogP contribution in [0, 0.1) is 6.92 Å². The van der Waals surface area contributed by atoms with E-state index in [0.29, 0.717) is 6.42 Å². The monoisotopic (exact) mass is 216 g/mol. The SMILES string of the molecule is CC.Cc1cnn(C2CCC(F)(F)C2)c1. The van der Waals surface area contributed by atoms with Crippen molar-refractivity contribution in [1.29, 1.82) is 0 Å². The predicted molar refractivity (Wildman–Crippen MR) is 56.1 cm³/mol. The van der Waals surface area contributed by atoms with Gasteiger partial charge in [-0.25, -0.2) is 8.78 Å². The molecule has 15 heavy (non-hydrogen) atoms. The Kier molecular flexibility index (Phi) is 3.83. The van der Waals surface area contributed by atoms with E-state index in [0.717, 1.165) is 5.56 Å². The van der Waals surface area contributed by atoms with E-state index in [9.17, 15) is 8.78 Å². The molecule has 1 aromatic rings. The molecule has 0 amide bonds. The summed E-state index contributed by atoms with van der Waals surface area (Å²) in [4.78, 5) is 0. The summed E-state index contributed by atoms with van der Waals surface area (Å²) in [5.41, 5.74) is 1.02. The van der Waals surface area contributed by atoms with Gasteiger partial charge < -0.3 is 0 Å². The summed E-state index contributed by atoms with van der Waals surface area (Å²) in [6.07, 6.45) is 4.00. The molecule has 0 aromatic carbocycles. The second kappa shape index (κ2) is 4.73. The summed E-state index contributed by atoms with van der Waals surface area (Å²) in [5, 5.41) is 4.05. The average molecular weight is 216 g/mol. The topological polar surface area (TPSA) is 17.8 Å². The van der Waals surface area contributed by atoms with Gasteiger partial charge in [-0.1, -0.05) is 13.8 Å². The lowest BCUT2D eigenvalue weighted by Crippen LogP contribution is -2.12. The van der Waals surface area contributed by atoms with Crippen LogP contribution in [0.5, 0.6) is 0 Å². The number of hydrogen-bond donors (Lipinski definition) is 0. The lowest BCUT2D eigenvalue weighted by atomic mass is 10.2. The molecule has 0 spiro atoms. The average Bonchev–Trinajstić information content (AvgIpc) is 2.75. The fourth-order valence-electron chi connectivity index (χ4n) is 1.79. The minimum absolute atomic E-state index is 0.00340. The molecule has 0 N–H and O–H groups in total. The molecular weight excluding hydrogens is 198 g/mol. The summed E-state index contributed by atoms with van der Waals surface area (Å²) >= 11 is 0. The van der Waals surface area contributed by atoms with Crippen molar-refractivity contribution in [1.82, 2.24) is 9.78 Å². The summed E-state index contributed by atoms with van der Waals surface area (Å²) < 4.78 is 27.4. The highest BCUT2D eigenvalue weighted by molar-refractivity contribution is 5.01. The summed E-state index contributed by atoms with van der Waals surface area (Å²) in [7, 11) is 0. The number of aryl methyl sites for hydroxylation is 1. The zero-order valence-electron chi connectivity index (χ0n) is 9.50. The van der Waals surface area contributed by atoms with Gasteiger partial charge in [-0.2, -0.15) is 5.10 Å². The molecule has 1 aliphatic rings. The quantitative estimate of drug-likeness (QED) is 0.701. The van der Waals surface area contributed by atoms with Crippen molar-refractivity contribution >= 4 is 0 Å². The Morgan fingerprint density at radius 2 is 2.13 bits per heavy atom.